The second-order valence-electron chi connectivity index (χ2n) is 6.42. The largest absolute Gasteiger partial charge is 0.348 e. The van der Waals surface area contributed by atoms with Crippen LogP contribution in [0.5, 0.6) is 0 Å². The van der Waals surface area contributed by atoms with Gasteiger partial charge < -0.3 is 9.84 Å². The number of hydrogen-bond acceptors (Lipinski definition) is 6. The molecule has 25 heavy (non-hydrogen) atoms. The van der Waals surface area contributed by atoms with E-state index >= 15 is 0 Å². The SMILES string of the molecule is CC1(C(=O)NCc2noc(-c3cccc(F)c3)n2)CCS(=O)(=O)CC1. The minimum atomic E-state index is -3.04. The van der Waals surface area contributed by atoms with Crippen LogP contribution >= 0.6 is 0 Å². The highest BCUT2D eigenvalue weighted by Gasteiger charge is 2.39. The zero-order chi connectivity index (χ0) is 18.1. The number of carbonyl (C=O) groups excluding carboxylic acids is 1. The molecule has 1 aromatic heterocycles. The lowest BCUT2D eigenvalue weighted by atomic mass is 9.83. The van der Waals surface area contributed by atoms with E-state index in [1.165, 1.54) is 18.2 Å². The molecule has 1 aromatic carbocycles. The van der Waals surface area contributed by atoms with Crippen molar-refractivity contribution in [2.24, 2.45) is 5.41 Å². The van der Waals surface area contributed by atoms with Crippen LogP contribution in [0.2, 0.25) is 0 Å². The lowest BCUT2D eigenvalue weighted by Gasteiger charge is -2.31. The summed E-state index contributed by atoms with van der Waals surface area (Å²) >= 11 is 0. The second-order valence-corrected chi connectivity index (χ2v) is 8.72. The molecule has 0 spiro atoms. The summed E-state index contributed by atoms with van der Waals surface area (Å²) in [7, 11) is -3.04. The van der Waals surface area contributed by atoms with Gasteiger partial charge in [-0.1, -0.05) is 18.1 Å². The van der Waals surface area contributed by atoms with Crippen molar-refractivity contribution in [2.75, 3.05) is 11.5 Å². The highest BCUT2D eigenvalue weighted by molar-refractivity contribution is 7.91. The third-order valence-corrected chi connectivity index (χ3v) is 6.08. The van der Waals surface area contributed by atoms with Crippen molar-refractivity contribution in [1.82, 2.24) is 15.5 Å². The number of carbonyl (C=O) groups is 1. The summed E-state index contributed by atoms with van der Waals surface area (Å²) in [5, 5.41) is 6.49. The number of nitrogens with one attached hydrogen (secondary N) is 1. The second kappa shape index (κ2) is 6.55. The summed E-state index contributed by atoms with van der Waals surface area (Å²) in [6.07, 6.45) is 0.587. The maximum Gasteiger partial charge on any atom is 0.258 e. The van der Waals surface area contributed by atoms with Crippen molar-refractivity contribution in [3.8, 4) is 11.5 Å². The molecule has 0 radical (unpaired) electrons. The van der Waals surface area contributed by atoms with Gasteiger partial charge in [-0.3, -0.25) is 4.79 Å². The Hall–Kier alpha value is -2.29. The zero-order valence-corrected chi connectivity index (χ0v) is 14.5. The summed E-state index contributed by atoms with van der Waals surface area (Å²) in [6.45, 7) is 1.81. The molecule has 2 heterocycles. The van der Waals surface area contributed by atoms with Crippen LogP contribution in [0.3, 0.4) is 0 Å². The molecule has 0 saturated carbocycles. The van der Waals surface area contributed by atoms with Crippen molar-refractivity contribution in [3.63, 3.8) is 0 Å². The Morgan fingerprint density at radius 2 is 2.08 bits per heavy atom. The van der Waals surface area contributed by atoms with Crippen LogP contribution in [-0.4, -0.2) is 36.0 Å². The van der Waals surface area contributed by atoms with Crippen LogP contribution in [0.15, 0.2) is 28.8 Å². The van der Waals surface area contributed by atoms with Crippen LogP contribution in [0, 0.1) is 11.2 Å². The van der Waals surface area contributed by atoms with Gasteiger partial charge in [-0.15, -0.1) is 0 Å². The first-order valence-electron chi connectivity index (χ1n) is 7.85. The highest BCUT2D eigenvalue weighted by atomic mass is 32.2. The summed E-state index contributed by atoms with van der Waals surface area (Å²) < 4.78 is 41.3. The van der Waals surface area contributed by atoms with E-state index in [0.29, 0.717) is 18.4 Å². The Balaban J connectivity index is 1.62. The van der Waals surface area contributed by atoms with E-state index in [2.05, 4.69) is 15.5 Å². The Bertz CT molecular complexity index is 880. The van der Waals surface area contributed by atoms with Crippen molar-refractivity contribution in [2.45, 2.75) is 26.3 Å². The Morgan fingerprint density at radius 3 is 2.76 bits per heavy atom. The van der Waals surface area contributed by atoms with Gasteiger partial charge in [0.25, 0.3) is 5.89 Å². The van der Waals surface area contributed by atoms with Crippen LogP contribution in [0.25, 0.3) is 11.5 Å². The number of halogens is 1. The molecule has 0 unspecified atom stereocenters. The summed E-state index contributed by atoms with van der Waals surface area (Å²) in [4.78, 5) is 16.5. The van der Waals surface area contributed by atoms with Gasteiger partial charge in [-0.25, -0.2) is 12.8 Å². The first-order chi connectivity index (χ1) is 11.8. The maximum absolute atomic E-state index is 13.2. The van der Waals surface area contributed by atoms with Crippen LogP contribution in [0.4, 0.5) is 4.39 Å². The Kier molecular flexibility index (Phi) is 4.59. The smallest absolute Gasteiger partial charge is 0.258 e. The van der Waals surface area contributed by atoms with Crippen LogP contribution in [-0.2, 0) is 21.2 Å². The van der Waals surface area contributed by atoms with E-state index in [1.54, 1.807) is 13.0 Å². The molecule has 1 amide bonds. The molecule has 1 fully saturated rings. The summed E-state index contributed by atoms with van der Waals surface area (Å²) in [5.41, 5.74) is -0.269. The number of aromatic nitrogens is 2. The first-order valence-corrected chi connectivity index (χ1v) is 9.67. The number of benzene rings is 1. The fraction of sp³-hybridized carbons (Fsp3) is 0.438. The van der Waals surface area contributed by atoms with Crippen molar-refractivity contribution >= 4 is 15.7 Å². The molecule has 0 bridgehead atoms. The van der Waals surface area contributed by atoms with Gasteiger partial charge in [0.05, 0.1) is 18.1 Å². The van der Waals surface area contributed by atoms with Crippen LogP contribution < -0.4 is 5.32 Å². The monoisotopic (exact) mass is 367 g/mol. The molecule has 3 rings (SSSR count). The van der Waals surface area contributed by atoms with Gasteiger partial charge in [0.15, 0.2) is 5.82 Å². The predicted octanol–water partition coefficient (Wildman–Crippen LogP) is 1.71. The van der Waals surface area contributed by atoms with Gasteiger partial charge in [0, 0.05) is 11.0 Å². The minimum Gasteiger partial charge on any atom is -0.348 e. The van der Waals surface area contributed by atoms with Crippen molar-refractivity contribution in [3.05, 3.63) is 35.9 Å². The van der Waals surface area contributed by atoms with E-state index < -0.39 is 21.1 Å². The molecular weight excluding hydrogens is 349 g/mol. The third kappa shape index (κ3) is 4.04. The molecule has 134 valence electrons. The molecule has 1 N–H and O–H groups in total. The molecular formula is C16H18FN3O4S. The van der Waals surface area contributed by atoms with E-state index in [4.69, 9.17) is 4.52 Å². The molecule has 0 atom stereocenters. The molecule has 9 heteroatoms. The molecule has 1 saturated heterocycles. The number of amides is 1. The van der Waals surface area contributed by atoms with Crippen LogP contribution in [0.1, 0.15) is 25.6 Å². The van der Waals surface area contributed by atoms with Gasteiger partial charge in [0.2, 0.25) is 5.91 Å². The zero-order valence-electron chi connectivity index (χ0n) is 13.7. The molecule has 1 aliphatic heterocycles. The van der Waals surface area contributed by atoms with Gasteiger partial charge in [-0.05, 0) is 31.0 Å². The number of sulfone groups is 1. The summed E-state index contributed by atoms with van der Waals surface area (Å²) in [6, 6.07) is 5.77. The molecule has 0 aliphatic carbocycles. The lowest BCUT2D eigenvalue weighted by Crippen LogP contribution is -2.44. The average Bonchev–Trinajstić information content (AvgIpc) is 3.05. The number of nitrogens with zero attached hydrogens (tertiary/aromatic N) is 2. The van der Waals surface area contributed by atoms with E-state index in [0.717, 1.165) is 0 Å². The molecule has 7 nitrogen and oxygen atoms in total. The predicted molar refractivity (Wildman–Crippen MR) is 87.5 cm³/mol. The summed E-state index contributed by atoms with van der Waals surface area (Å²) in [5.74, 6) is -0.185. The van der Waals surface area contributed by atoms with Crippen molar-refractivity contribution < 1.29 is 22.1 Å². The quantitative estimate of drug-likeness (QED) is 0.882. The Labute approximate surface area is 144 Å². The molecule has 2 aromatic rings. The maximum atomic E-state index is 13.2. The van der Waals surface area contributed by atoms with E-state index in [1.807, 2.05) is 0 Å². The van der Waals surface area contributed by atoms with Gasteiger partial charge in [-0.2, -0.15) is 4.98 Å². The topological polar surface area (TPSA) is 102 Å². The minimum absolute atomic E-state index is 0.0167. The van der Waals surface area contributed by atoms with Gasteiger partial charge in [0.1, 0.15) is 15.7 Å². The fourth-order valence-electron chi connectivity index (χ4n) is 2.65. The average molecular weight is 367 g/mol. The first kappa shape index (κ1) is 17.5. The lowest BCUT2D eigenvalue weighted by molar-refractivity contribution is -0.130. The fourth-order valence-corrected chi connectivity index (χ4v) is 4.38. The third-order valence-electron chi connectivity index (χ3n) is 4.42. The molecule has 1 aliphatic rings. The normalized spacial score (nSPS) is 18.6. The van der Waals surface area contributed by atoms with E-state index in [9.17, 15) is 17.6 Å². The number of rotatable bonds is 4. The van der Waals surface area contributed by atoms with E-state index in [-0.39, 0.29) is 35.7 Å². The van der Waals surface area contributed by atoms with Gasteiger partial charge >= 0.3 is 0 Å². The Morgan fingerprint density at radius 1 is 1.36 bits per heavy atom. The van der Waals surface area contributed by atoms with Crippen molar-refractivity contribution in [1.29, 1.82) is 0 Å². The standard InChI is InChI=1S/C16H18FN3O4S/c1-16(5-7-25(22,23)8-6-16)15(21)18-10-13-19-14(24-20-13)11-3-2-4-12(17)9-11/h2-4,9H,5-8,10H2,1H3,(H,18,21). The number of hydrogen-bond donors (Lipinski definition) is 1. The highest BCUT2D eigenvalue weighted by Crippen LogP contribution is 2.32.